The number of aliphatic hydroxyl groups is 1. The standard InChI is InChI=1S/C10H15N.C4H6NO4S/c1-3-11(4-2)10-8-6-5-7-9-10;6-3-1-4(7)5(2-3)10(8)9/h5-9H,3-4H2,1-2H3;3,6H,1-2H2/q;+1. The summed E-state index contributed by atoms with van der Waals surface area (Å²) in [7, 11) is -2.52. The molecule has 1 unspecified atom stereocenters. The molecule has 1 N–H and O–H groups in total. The molecule has 0 saturated carbocycles. The van der Waals surface area contributed by atoms with Crippen LogP contribution in [0.2, 0.25) is 0 Å². The monoisotopic (exact) mass is 313 g/mol. The topological polar surface area (TPSA) is 77.7 Å². The fourth-order valence-corrected chi connectivity index (χ4v) is 2.57. The summed E-state index contributed by atoms with van der Waals surface area (Å²) in [6.07, 6.45) is -0.918. The molecule has 1 amide bonds. The van der Waals surface area contributed by atoms with Crippen LogP contribution in [0.25, 0.3) is 0 Å². The van der Waals surface area contributed by atoms with E-state index in [0.29, 0.717) is 3.95 Å². The van der Waals surface area contributed by atoms with Crippen LogP contribution in [-0.2, 0) is 15.3 Å². The summed E-state index contributed by atoms with van der Waals surface area (Å²) < 4.78 is 20.9. The lowest BCUT2D eigenvalue weighted by Gasteiger charge is -2.20. The molecule has 1 atom stereocenters. The van der Waals surface area contributed by atoms with Gasteiger partial charge in [0.05, 0.1) is 0 Å². The number of β-amino-alcohol motifs (C(OH)–C–C–N with tert-alkyl or cyclic N) is 1. The van der Waals surface area contributed by atoms with Crippen LogP contribution in [0.3, 0.4) is 0 Å². The van der Waals surface area contributed by atoms with Crippen LogP contribution in [-0.4, -0.2) is 49.1 Å². The number of hydrogen-bond acceptors (Lipinski definition) is 5. The first kappa shape index (κ1) is 17.3. The van der Waals surface area contributed by atoms with E-state index in [9.17, 15) is 13.2 Å². The number of rotatable bonds is 3. The number of para-hydroxylation sites is 1. The van der Waals surface area contributed by atoms with Crippen LogP contribution in [0.1, 0.15) is 20.3 Å². The van der Waals surface area contributed by atoms with Crippen molar-refractivity contribution >= 4 is 22.1 Å². The minimum atomic E-state index is -2.52. The van der Waals surface area contributed by atoms with Crippen LogP contribution in [0.15, 0.2) is 30.3 Å². The van der Waals surface area contributed by atoms with Gasteiger partial charge >= 0.3 is 16.4 Å². The van der Waals surface area contributed by atoms with E-state index in [1.165, 1.54) is 5.69 Å². The molecular weight excluding hydrogens is 292 g/mol. The summed E-state index contributed by atoms with van der Waals surface area (Å²) in [6.45, 7) is 6.42. The van der Waals surface area contributed by atoms with Gasteiger partial charge in [-0.2, -0.15) is 0 Å². The van der Waals surface area contributed by atoms with Crippen molar-refractivity contribution in [2.75, 3.05) is 24.5 Å². The smallest absolute Gasteiger partial charge is 0.386 e. The van der Waals surface area contributed by atoms with Crippen LogP contribution in [0.4, 0.5) is 5.69 Å². The maximum atomic E-state index is 10.6. The first-order valence-corrected chi connectivity index (χ1v) is 7.90. The molecule has 116 valence electrons. The third kappa shape index (κ3) is 5.28. The zero-order chi connectivity index (χ0) is 15.8. The lowest BCUT2D eigenvalue weighted by molar-refractivity contribution is -0.415. The Balaban J connectivity index is 0.000000211. The van der Waals surface area contributed by atoms with Crippen molar-refractivity contribution in [3.8, 4) is 0 Å². The summed E-state index contributed by atoms with van der Waals surface area (Å²) >= 11 is 0. The second-order valence-corrected chi connectivity index (χ2v) is 5.41. The van der Waals surface area contributed by atoms with Gasteiger partial charge in [-0.15, -0.1) is 8.42 Å². The molecule has 1 aliphatic heterocycles. The highest BCUT2D eigenvalue weighted by Crippen LogP contribution is 2.11. The van der Waals surface area contributed by atoms with Crippen LogP contribution >= 0.6 is 0 Å². The molecule has 21 heavy (non-hydrogen) atoms. The summed E-state index contributed by atoms with van der Waals surface area (Å²) in [4.78, 5) is 12.9. The van der Waals surface area contributed by atoms with Crippen molar-refractivity contribution in [3.05, 3.63) is 30.3 Å². The van der Waals surface area contributed by atoms with E-state index in [2.05, 4.69) is 43.0 Å². The van der Waals surface area contributed by atoms with Gasteiger partial charge in [-0.3, -0.25) is 0 Å². The molecule has 6 nitrogen and oxygen atoms in total. The van der Waals surface area contributed by atoms with E-state index < -0.39 is 22.5 Å². The Kier molecular flexibility index (Phi) is 7.04. The quantitative estimate of drug-likeness (QED) is 0.838. The predicted molar refractivity (Wildman–Crippen MR) is 79.7 cm³/mol. The summed E-state index contributed by atoms with van der Waals surface area (Å²) in [6, 6.07) is 10.5. The van der Waals surface area contributed by atoms with Gasteiger partial charge in [-0.1, -0.05) is 18.2 Å². The third-order valence-electron chi connectivity index (χ3n) is 3.13. The van der Waals surface area contributed by atoms with Gasteiger partial charge in [-0.05, 0) is 29.9 Å². The molecule has 1 aromatic rings. The molecule has 1 aromatic carbocycles. The number of amides is 1. The Morgan fingerprint density at radius 2 is 1.81 bits per heavy atom. The first-order valence-electron chi connectivity index (χ1n) is 6.87. The maximum absolute atomic E-state index is 10.6. The largest absolute Gasteiger partial charge is 0.467 e. The molecule has 0 bridgehead atoms. The van der Waals surface area contributed by atoms with Crippen LogP contribution in [0, 0.1) is 0 Å². The minimum Gasteiger partial charge on any atom is -0.386 e. The van der Waals surface area contributed by atoms with Gasteiger partial charge in [0, 0.05) is 18.8 Å². The minimum absolute atomic E-state index is 0.0893. The second kappa shape index (κ2) is 8.53. The molecule has 7 heteroatoms. The van der Waals surface area contributed by atoms with Gasteiger partial charge in [0.1, 0.15) is 12.5 Å². The van der Waals surface area contributed by atoms with E-state index in [-0.39, 0.29) is 13.0 Å². The number of nitrogens with zero attached hydrogens (tertiary/aromatic N) is 2. The maximum Gasteiger partial charge on any atom is 0.467 e. The molecule has 1 saturated heterocycles. The van der Waals surface area contributed by atoms with Crippen molar-refractivity contribution < 1.29 is 22.3 Å². The van der Waals surface area contributed by atoms with Crippen molar-refractivity contribution in [1.29, 1.82) is 0 Å². The molecule has 0 radical (unpaired) electrons. The Morgan fingerprint density at radius 3 is 2.14 bits per heavy atom. The molecule has 2 rings (SSSR count). The zero-order valence-corrected chi connectivity index (χ0v) is 13.1. The van der Waals surface area contributed by atoms with Crippen LogP contribution in [0.5, 0.6) is 0 Å². The van der Waals surface area contributed by atoms with Gasteiger partial charge < -0.3 is 10.0 Å². The molecule has 0 aromatic heterocycles. The van der Waals surface area contributed by atoms with E-state index in [1.54, 1.807) is 0 Å². The van der Waals surface area contributed by atoms with E-state index in [0.717, 1.165) is 13.1 Å². The molecular formula is C14H21N2O4S+. The Bertz CT molecular complexity index is 587. The van der Waals surface area contributed by atoms with Gasteiger partial charge in [0.25, 0.3) is 0 Å². The first-order chi connectivity index (χ1) is 9.99. The van der Waals surface area contributed by atoms with Crippen LogP contribution < -0.4 is 4.90 Å². The summed E-state index contributed by atoms with van der Waals surface area (Å²) in [5.41, 5.74) is 1.32. The van der Waals surface area contributed by atoms with E-state index in [1.807, 2.05) is 6.07 Å². The SMILES string of the molecule is CCN(CC)c1ccccc1.O=C1CC(O)C[N+]1=S(=O)=O. The Hall–Kier alpha value is -1.73. The third-order valence-corrected chi connectivity index (χ3v) is 3.84. The highest BCUT2D eigenvalue weighted by Gasteiger charge is 2.35. The average Bonchev–Trinajstić information content (AvgIpc) is 2.81. The lowest BCUT2D eigenvalue weighted by atomic mass is 10.3. The number of hydrogen-bond donors (Lipinski definition) is 1. The fraction of sp³-hybridized carbons (Fsp3) is 0.500. The van der Waals surface area contributed by atoms with Gasteiger partial charge in [0.2, 0.25) is 0 Å². The van der Waals surface area contributed by atoms with Crippen molar-refractivity contribution in [2.45, 2.75) is 26.4 Å². The Labute approximate surface area is 126 Å². The molecule has 1 aliphatic rings. The zero-order valence-electron chi connectivity index (χ0n) is 12.3. The van der Waals surface area contributed by atoms with Crippen molar-refractivity contribution in [3.63, 3.8) is 0 Å². The van der Waals surface area contributed by atoms with E-state index in [4.69, 9.17) is 5.11 Å². The van der Waals surface area contributed by atoms with Gasteiger partial charge in [0.15, 0.2) is 6.54 Å². The van der Waals surface area contributed by atoms with Crippen molar-refractivity contribution in [2.24, 2.45) is 0 Å². The molecule has 0 spiro atoms. The number of benzene rings is 1. The fourth-order valence-electron chi connectivity index (χ4n) is 2.03. The van der Waals surface area contributed by atoms with Gasteiger partial charge in [-0.25, -0.2) is 4.79 Å². The number of carbonyl (C=O) groups excluding carboxylic acids is 1. The summed E-state index contributed by atoms with van der Waals surface area (Å²) in [5, 5.41) is 8.78. The highest BCUT2D eigenvalue weighted by molar-refractivity contribution is 7.59. The highest BCUT2D eigenvalue weighted by atomic mass is 32.2. The number of anilines is 1. The number of aliphatic hydroxyl groups excluding tert-OH is 1. The lowest BCUT2D eigenvalue weighted by Crippen LogP contribution is -2.21. The average molecular weight is 313 g/mol. The molecule has 1 fully saturated rings. The predicted octanol–water partition coefficient (Wildman–Crippen LogP) is 0.886. The second-order valence-electron chi connectivity index (χ2n) is 4.54. The summed E-state index contributed by atoms with van der Waals surface area (Å²) in [5.74, 6) is -0.541. The van der Waals surface area contributed by atoms with E-state index >= 15 is 0 Å². The Morgan fingerprint density at radius 1 is 1.24 bits per heavy atom. The van der Waals surface area contributed by atoms with Crippen molar-refractivity contribution in [1.82, 2.24) is 0 Å². The normalized spacial score (nSPS) is 17.2. The molecule has 0 aliphatic carbocycles. The number of carbonyl (C=O) groups is 1. The molecule has 1 heterocycles.